The maximum Gasteiger partial charge on any atom is 0.0920 e. The molecule has 1 aliphatic heterocycles. The number of rotatable bonds is 0. The summed E-state index contributed by atoms with van der Waals surface area (Å²) in [7, 11) is 0. The minimum absolute atomic E-state index is 0.0524. The molecule has 3 heteroatoms. The second-order valence-corrected chi connectivity index (χ2v) is 8.17. The van der Waals surface area contributed by atoms with Crippen LogP contribution in [-0.2, 0) is 5.60 Å². The molecule has 0 spiro atoms. The van der Waals surface area contributed by atoms with Gasteiger partial charge in [-0.3, -0.25) is 0 Å². The highest BCUT2D eigenvalue weighted by Crippen LogP contribution is 2.54. The quantitative estimate of drug-likeness (QED) is 0.761. The minimum atomic E-state index is -0.766. The third-order valence-electron chi connectivity index (χ3n) is 4.13. The van der Waals surface area contributed by atoms with Gasteiger partial charge in [-0.1, -0.05) is 22.9 Å². The van der Waals surface area contributed by atoms with E-state index in [1.807, 2.05) is 18.7 Å². The lowest BCUT2D eigenvalue weighted by atomic mass is 9.75. The van der Waals surface area contributed by atoms with E-state index in [1.54, 1.807) is 0 Å². The molecule has 1 aromatic carbocycles. The first kappa shape index (κ1) is 13.4. The Kier molecular flexibility index (Phi) is 3.17. The van der Waals surface area contributed by atoms with E-state index >= 15 is 0 Å². The minimum Gasteiger partial charge on any atom is -0.385 e. The van der Waals surface area contributed by atoms with Crippen LogP contribution >= 0.6 is 27.7 Å². The van der Waals surface area contributed by atoms with Crippen molar-refractivity contribution < 1.29 is 5.11 Å². The van der Waals surface area contributed by atoms with Crippen LogP contribution in [0.4, 0.5) is 0 Å². The largest absolute Gasteiger partial charge is 0.385 e. The zero-order chi connectivity index (χ0) is 13.0. The summed E-state index contributed by atoms with van der Waals surface area (Å²) in [6.45, 7) is 10.6. The molecule has 2 rings (SSSR count). The van der Waals surface area contributed by atoms with Crippen LogP contribution in [0.5, 0.6) is 0 Å². The number of hydrogen-bond acceptors (Lipinski definition) is 2. The van der Waals surface area contributed by atoms with Gasteiger partial charge in [0.2, 0.25) is 0 Å². The van der Waals surface area contributed by atoms with Crippen LogP contribution < -0.4 is 0 Å². The van der Waals surface area contributed by atoms with Crippen molar-refractivity contribution in [1.29, 1.82) is 0 Å². The summed E-state index contributed by atoms with van der Waals surface area (Å²) in [6, 6.07) is 4.18. The molecule has 17 heavy (non-hydrogen) atoms. The highest BCUT2D eigenvalue weighted by Gasteiger charge is 2.47. The lowest BCUT2D eigenvalue weighted by Crippen LogP contribution is -2.45. The van der Waals surface area contributed by atoms with Gasteiger partial charge in [-0.2, -0.15) is 0 Å². The molecular weight excluding hydrogens is 296 g/mol. The number of thioether (sulfide) groups is 1. The second kappa shape index (κ2) is 4.01. The molecular formula is C14H19BrOS. The molecule has 0 aliphatic carbocycles. The number of benzene rings is 1. The molecule has 0 bridgehead atoms. The Bertz CT molecular complexity index is 466. The SMILES string of the molecule is Cc1c(Br)ccc2c1C(C)(O)C(C)C(C)(C)S2. The molecule has 1 aliphatic rings. The van der Waals surface area contributed by atoms with Crippen molar-refractivity contribution in [3.05, 3.63) is 27.7 Å². The van der Waals surface area contributed by atoms with E-state index in [2.05, 4.69) is 55.8 Å². The Balaban J connectivity index is 2.71. The van der Waals surface area contributed by atoms with Crippen molar-refractivity contribution in [2.45, 2.75) is 49.9 Å². The molecule has 0 fully saturated rings. The van der Waals surface area contributed by atoms with E-state index in [0.29, 0.717) is 0 Å². The maximum absolute atomic E-state index is 10.9. The van der Waals surface area contributed by atoms with Crippen LogP contribution in [0.3, 0.4) is 0 Å². The number of aliphatic hydroxyl groups is 1. The van der Waals surface area contributed by atoms with Crippen LogP contribution in [-0.4, -0.2) is 9.85 Å². The predicted molar refractivity (Wildman–Crippen MR) is 77.5 cm³/mol. The van der Waals surface area contributed by atoms with E-state index < -0.39 is 5.60 Å². The highest BCUT2D eigenvalue weighted by molar-refractivity contribution is 9.10. The zero-order valence-electron chi connectivity index (χ0n) is 11.0. The third-order valence-corrected chi connectivity index (χ3v) is 6.42. The predicted octanol–water partition coefficient (Wildman–Crippen LogP) is 4.49. The van der Waals surface area contributed by atoms with Gasteiger partial charge < -0.3 is 5.11 Å². The van der Waals surface area contributed by atoms with E-state index in [-0.39, 0.29) is 10.7 Å². The molecule has 1 aromatic rings. The molecule has 1 nitrogen and oxygen atoms in total. The Hall–Kier alpha value is 0.01000. The molecule has 1 heterocycles. The summed E-state index contributed by atoms with van der Waals surface area (Å²) in [5.74, 6) is 0.209. The standard InChI is InChI=1S/C14H19BrOS/c1-8-10(15)6-7-11-12(8)14(5,16)9(2)13(3,4)17-11/h6-7,9,16H,1-5H3. The van der Waals surface area contributed by atoms with Crippen molar-refractivity contribution >= 4 is 27.7 Å². The highest BCUT2D eigenvalue weighted by atomic mass is 79.9. The van der Waals surface area contributed by atoms with Crippen LogP contribution in [0.1, 0.15) is 38.8 Å². The number of hydrogen-bond donors (Lipinski definition) is 1. The van der Waals surface area contributed by atoms with Gasteiger partial charge in [-0.25, -0.2) is 0 Å². The van der Waals surface area contributed by atoms with Gasteiger partial charge in [0.1, 0.15) is 0 Å². The van der Waals surface area contributed by atoms with Gasteiger partial charge in [0.25, 0.3) is 0 Å². The summed E-state index contributed by atoms with van der Waals surface area (Å²) in [5, 5.41) is 10.9. The molecule has 2 atom stereocenters. The van der Waals surface area contributed by atoms with Gasteiger partial charge >= 0.3 is 0 Å². The van der Waals surface area contributed by atoms with Crippen molar-refractivity contribution in [3.8, 4) is 0 Å². The number of halogens is 1. The summed E-state index contributed by atoms with van der Waals surface area (Å²) >= 11 is 5.42. The van der Waals surface area contributed by atoms with Crippen LogP contribution in [0, 0.1) is 12.8 Å². The summed E-state index contributed by atoms with van der Waals surface area (Å²) < 4.78 is 1.13. The van der Waals surface area contributed by atoms with Gasteiger partial charge in [0.05, 0.1) is 5.60 Å². The lowest BCUT2D eigenvalue weighted by molar-refractivity contribution is -0.0165. The fraction of sp³-hybridized carbons (Fsp3) is 0.571. The normalized spacial score (nSPS) is 31.1. The molecule has 0 saturated carbocycles. The second-order valence-electron chi connectivity index (χ2n) is 5.62. The van der Waals surface area contributed by atoms with Gasteiger partial charge in [-0.05, 0) is 45.4 Å². The summed E-state index contributed by atoms with van der Waals surface area (Å²) in [5.41, 5.74) is 1.48. The average molecular weight is 315 g/mol. The molecule has 94 valence electrons. The zero-order valence-corrected chi connectivity index (χ0v) is 13.4. The van der Waals surface area contributed by atoms with Crippen LogP contribution in [0.25, 0.3) is 0 Å². The molecule has 0 saturated heterocycles. The fourth-order valence-corrected chi connectivity index (χ4v) is 4.54. The monoisotopic (exact) mass is 314 g/mol. The average Bonchev–Trinajstić information content (AvgIpc) is 2.20. The Morgan fingerprint density at radius 1 is 1.29 bits per heavy atom. The maximum atomic E-state index is 10.9. The van der Waals surface area contributed by atoms with Gasteiger partial charge in [0, 0.05) is 25.6 Å². The van der Waals surface area contributed by atoms with Crippen molar-refractivity contribution in [1.82, 2.24) is 0 Å². The molecule has 2 unspecified atom stereocenters. The summed E-state index contributed by atoms with van der Waals surface area (Å²) in [6.07, 6.45) is 0. The first-order valence-corrected chi connectivity index (χ1v) is 7.50. The lowest BCUT2D eigenvalue weighted by Gasteiger charge is -2.47. The molecule has 1 N–H and O–H groups in total. The fourth-order valence-electron chi connectivity index (χ4n) is 2.64. The number of fused-ring (bicyclic) bond motifs is 1. The van der Waals surface area contributed by atoms with E-state index in [9.17, 15) is 5.11 Å². The first-order chi connectivity index (χ1) is 7.68. The first-order valence-electron chi connectivity index (χ1n) is 5.89. The van der Waals surface area contributed by atoms with Crippen molar-refractivity contribution in [2.75, 3.05) is 0 Å². The molecule has 0 aromatic heterocycles. The Morgan fingerprint density at radius 2 is 1.88 bits per heavy atom. The van der Waals surface area contributed by atoms with Crippen LogP contribution in [0.2, 0.25) is 0 Å². The Morgan fingerprint density at radius 3 is 2.47 bits per heavy atom. The van der Waals surface area contributed by atoms with E-state index in [4.69, 9.17) is 0 Å². The van der Waals surface area contributed by atoms with E-state index in [1.165, 1.54) is 4.90 Å². The summed E-state index contributed by atoms with van der Waals surface area (Å²) in [4.78, 5) is 1.21. The van der Waals surface area contributed by atoms with Crippen molar-refractivity contribution in [3.63, 3.8) is 0 Å². The smallest absolute Gasteiger partial charge is 0.0920 e. The Labute approximate surface area is 116 Å². The van der Waals surface area contributed by atoms with E-state index in [0.717, 1.165) is 15.6 Å². The molecule has 0 amide bonds. The van der Waals surface area contributed by atoms with Crippen LogP contribution in [0.15, 0.2) is 21.5 Å². The third kappa shape index (κ3) is 1.96. The topological polar surface area (TPSA) is 20.2 Å². The van der Waals surface area contributed by atoms with Gasteiger partial charge in [-0.15, -0.1) is 11.8 Å². The van der Waals surface area contributed by atoms with Gasteiger partial charge in [0.15, 0.2) is 0 Å². The molecule has 0 radical (unpaired) electrons. The van der Waals surface area contributed by atoms with Crippen molar-refractivity contribution in [2.24, 2.45) is 5.92 Å².